The lowest BCUT2D eigenvalue weighted by molar-refractivity contribution is 0.628. The molecule has 0 saturated carbocycles. The Hall–Kier alpha value is -0.910. The van der Waals surface area contributed by atoms with Gasteiger partial charge in [0.05, 0.1) is 0 Å². The molecule has 0 aromatic heterocycles. The van der Waals surface area contributed by atoms with Gasteiger partial charge in [-0.15, -0.1) is 11.2 Å². The van der Waals surface area contributed by atoms with Crippen LogP contribution in [0.25, 0.3) is 11.1 Å². The average molecular weight is 241 g/mol. The normalized spacial score (nSPS) is 9.00. The minimum atomic E-state index is -0.193. The Balaban J connectivity index is 0.000000531. The third kappa shape index (κ3) is 3.62. The van der Waals surface area contributed by atoms with Gasteiger partial charge in [0.15, 0.2) is 0 Å². The fraction of sp³-hybridized carbons (Fsp3) is 0. The summed E-state index contributed by atoms with van der Waals surface area (Å²) in [5, 5.41) is 0. The van der Waals surface area contributed by atoms with Crippen molar-refractivity contribution in [1.29, 1.82) is 0 Å². The van der Waals surface area contributed by atoms with Gasteiger partial charge in [-0.2, -0.15) is 0 Å². The third-order valence-corrected chi connectivity index (χ3v) is 1.93. The van der Waals surface area contributed by atoms with Crippen LogP contribution in [0.15, 0.2) is 54.6 Å². The van der Waals surface area contributed by atoms with Crippen LogP contribution in [0.4, 0.5) is 4.39 Å². The number of benzene rings is 2. The lowest BCUT2D eigenvalue weighted by atomic mass is 10.1. The maximum absolute atomic E-state index is 12.9. The summed E-state index contributed by atoms with van der Waals surface area (Å²) in [6.07, 6.45) is 0. The molecule has 2 aromatic rings. The highest BCUT2D eigenvalue weighted by Gasteiger charge is 1.96. The van der Waals surface area contributed by atoms with Crippen molar-refractivity contribution in [2.45, 2.75) is 0 Å². The van der Waals surface area contributed by atoms with E-state index in [2.05, 4.69) is 11.2 Å². The summed E-state index contributed by atoms with van der Waals surface area (Å²) in [7, 11) is 1.89. The molecule has 0 N–H and O–H groups in total. The number of rotatable bonds is 1. The number of hydrogen-bond donors (Lipinski definition) is 0. The summed E-state index contributed by atoms with van der Waals surface area (Å²) in [5.74, 6) is -0.193. The molecule has 0 aliphatic heterocycles. The van der Waals surface area contributed by atoms with Gasteiger partial charge in [-0.05, 0) is 31.9 Å². The minimum Gasteiger partial charge on any atom is -0.207 e. The molecule has 0 amide bonds. The van der Waals surface area contributed by atoms with E-state index in [1.165, 1.54) is 12.1 Å². The van der Waals surface area contributed by atoms with Crippen LogP contribution < -0.4 is 0 Å². The molecule has 0 radical (unpaired) electrons. The maximum atomic E-state index is 12.9. The molecule has 0 bridgehead atoms. The van der Waals surface area contributed by atoms with Crippen LogP contribution in [-0.2, 0) is 0 Å². The van der Waals surface area contributed by atoms with Crippen molar-refractivity contribution in [3.8, 4) is 11.1 Å². The van der Waals surface area contributed by atoms with E-state index in [9.17, 15) is 4.39 Å². The Morgan fingerprint density at radius 3 is 2.00 bits per heavy atom. The van der Waals surface area contributed by atoms with Gasteiger partial charge >= 0.3 is 0 Å². The Morgan fingerprint density at radius 2 is 1.40 bits per heavy atom. The lowest BCUT2D eigenvalue weighted by Crippen LogP contribution is -1.78. The van der Waals surface area contributed by atoms with Gasteiger partial charge in [-0.1, -0.05) is 42.5 Å². The Bertz CT molecular complexity index is 403. The molecule has 15 heavy (non-hydrogen) atoms. The van der Waals surface area contributed by atoms with Crippen LogP contribution in [-0.4, -0.2) is 0 Å². The van der Waals surface area contributed by atoms with Gasteiger partial charge in [0.1, 0.15) is 5.82 Å². The first-order chi connectivity index (χ1) is 7.36. The Labute approximate surface area is 96.1 Å². The topological polar surface area (TPSA) is 0 Å². The van der Waals surface area contributed by atoms with Crippen molar-refractivity contribution in [3.63, 3.8) is 0 Å². The molecule has 2 aromatic carbocycles. The molecule has 0 fully saturated rings. The number of halogens is 2. The zero-order valence-corrected chi connectivity index (χ0v) is 9.94. The highest BCUT2D eigenvalue weighted by atomic mass is 35.7. The fourth-order valence-electron chi connectivity index (χ4n) is 1.30. The van der Waals surface area contributed by atoms with Crippen molar-refractivity contribution in [2.24, 2.45) is 0 Å². The first-order valence-electron chi connectivity index (χ1n) is 4.39. The molecule has 0 spiro atoms. The highest BCUT2D eigenvalue weighted by molar-refractivity contribution is 7.52. The predicted molar refractivity (Wildman–Crippen MR) is 67.4 cm³/mol. The minimum absolute atomic E-state index is 0.193. The summed E-state index contributed by atoms with van der Waals surface area (Å²) in [6.45, 7) is 0. The predicted octanol–water partition coefficient (Wildman–Crippen LogP) is 4.51. The quantitative estimate of drug-likeness (QED) is 0.644. The van der Waals surface area contributed by atoms with Crippen LogP contribution in [0.3, 0.4) is 0 Å². The van der Waals surface area contributed by atoms with E-state index in [0.29, 0.717) is 0 Å². The molecule has 1 unspecified atom stereocenters. The van der Waals surface area contributed by atoms with Crippen molar-refractivity contribution in [3.05, 3.63) is 60.4 Å². The molecule has 0 nitrogen and oxygen atoms in total. The van der Waals surface area contributed by atoms with Gasteiger partial charge in [-0.25, -0.2) is 4.39 Å². The summed E-state index contributed by atoms with van der Waals surface area (Å²) in [5.41, 5.74) is 1.96. The van der Waals surface area contributed by atoms with E-state index in [4.69, 9.17) is 0 Å². The molecule has 78 valence electrons. The van der Waals surface area contributed by atoms with Gasteiger partial charge in [0.25, 0.3) is 0 Å². The van der Waals surface area contributed by atoms with E-state index < -0.39 is 0 Å². The fourth-order valence-corrected chi connectivity index (χ4v) is 1.30. The largest absolute Gasteiger partial charge is 0.207 e. The Kier molecular flexibility index (Phi) is 5.31. The van der Waals surface area contributed by atoms with E-state index in [1.807, 2.05) is 45.0 Å². The lowest BCUT2D eigenvalue weighted by Gasteiger charge is -1.99. The van der Waals surface area contributed by atoms with Gasteiger partial charge in [0, 0.05) is 0 Å². The third-order valence-electron chi connectivity index (χ3n) is 1.93. The summed E-state index contributed by atoms with van der Waals surface area (Å²) < 4.78 is 12.9. The second-order valence-electron chi connectivity index (χ2n) is 2.88. The average Bonchev–Trinajstić information content (AvgIpc) is 2.33. The van der Waals surface area contributed by atoms with E-state index in [0.717, 1.165) is 11.1 Å². The zero-order valence-electron chi connectivity index (χ0n) is 8.03. The summed E-state index contributed by atoms with van der Waals surface area (Å²) in [4.78, 5) is 0. The van der Waals surface area contributed by atoms with Crippen molar-refractivity contribution < 1.29 is 4.39 Å². The number of hydrogen-bond acceptors (Lipinski definition) is 0. The summed E-state index contributed by atoms with van der Waals surface area (Å²) >= 11 is 4.56. The molecule has 1 atom stereocenters. The SMILES string of the molecule is Fc1cccc(-c2ccccc2)c1.PCl. The standard InChI is InChI=1S/C12H9F.ClH2P/c13-12-8-4-7-11(9-12)10-5-2-1-3-6-10;1-2/h1-9H;2H2. The van der Waals surface area contributed by atoms with Gasteiger partial charge in [-0.3, -0.25) is 0 Å². The maximum Gasteiger partial charge on any atom is 0.123 e. The first kappa shape index (κ1) is 12.2. The molecule has 2 rings (SSSR count). The summed E-state index contributed by atoms with van der Waals surface area (Å²) in [6, 6.07) is 16.4. The van der Waals surface area contributed by atoms with Crippen molar-refractivity contribution in [1.82, 2.24) is 0 Å². The van der Waals surface area contributed by atoms with Crippen LogP contribution in [0, 0.1) is 5.82 Å². The molecular weight excluding hydrogens is 230 g/mol. The zero-order chi connectivity index (χ0) is 11.1. The van der Waals surface area contributed by atoms with E-state index in [1.54, 1.807) is 6.07 Å². The van der Waals surface area contributed by atoms with E-state index >= 15 is 0 Å². The van der Waals surface area contributed by atoms with E-state index in [-0.39, 0.29) is 5.82 Å². The van der Waals surface area contributed by atoms with Crippen molar-refractivity contribution in [2.75, 3.05) is 0 Å². The van der Waals surface area contributed by atoms with Crippen LogP contribution >= 0.6 is 19.8 Å². The molecule has 0 saturated heterocycles. The molecular formula is C12H11ClFP. The molecule has 0 aliphatic rings. The Morgan fingerprint density at radius 1 is 0.800 bits per heavy atom. The van der Waals surface area contributed by atoms with Crippen LogP contribution in [0.1, 0.15) is 0 Å². The van der Waals surface area contributed by atoms with Crippen molar-refractivity contribution >= 4 is 19.8 Å². The monoisotopic (exact) mass is 240 g/mol. The van der Waals surface area contributed by atoms with Gasteiger partial charge in [0.2, 0.25) is 0 Å². The first-order valence-corrected chi connectivity index (χ1v) is 6.13. The molecule has 0 heterocycles. The van der Waals surface area contributed by atoms with Gasteiger partial charge < -0.3 is 0 Å². The molecule has 0 aliphatic carbocycles. The second kappa shape index (κ2) is 6.55. The van der Waals surface area contributed by atoms with Crippen LogP contribution in [0.5, 0.6) is 0 Å². The molecule has 3 heteroatoms. The smallest absolute Gasteiger partial charge is 0.123 e. The van der Waals surface area contributed by atoms with Crippen LogP contribution in [0.2, 0.25) is 0 Å². The highest BCUT2D eigenvalue weighted by Crippen LogP contribution is 2.18. The second-order valence-corrected chi connectivity index (χ2v) is 2.88.